The maximum atomic E-state index is 12.0. The molecule has 2 aliphatic rings. The van der Waals surface area contributed by atoms with Crippen LogP contribution in [0.4, 0.5) is 0 Å². The number of halogens is 1. The Morgan fingerprint density at radius 3 is 2.13 bits per heavy atom. The highest BCUT2D eigenvalue weighted by Crippen LogP contribution is 2.44. The molecule has 1 N–H and O–H groups in total. The predicted octanol–water partition coefficient (Wildman–Crippen LogP) is 2.56. The van der Waals surface area contributed by atoms with Crippen LogP contribution in [0.25, 0.3) is 0 Å². The second kappa shape index (κ2) is 3.97. The number of carbonyl (C=O) groups excluding carboxylic acids is 1. The summed E-state index contributed by atoms with van der Waals surface area (Å²) in [7, 11) is 0. The van der Waals surface area contributed by atoms with Gasteiger partial charge in [-0.2, -0.15) is 0 Å². The number of rotatable bonds is 5. The molecule has 0 bridgehead atoms. The lowest BCUT2D eigenvalue weighted by molar-refractivity contribution is -0.129. The van der Waals surface area contributed by atoms with Crippen molar-refractivity contribution >= 4 is 17.5 Å². The summed E-state index contributed by atoms with van der Waals surface area (Å²) in [5.41, 5.74) is -0.427. The van der Waals surface area contributed by atoms with Gasteiger partial charge in [0.25, 0.3) is 0 Å². The highest BCUT2D eigenvalue weighted by Gasteiger charge is 2.43. The van der Waals surface area contributed by atoms with Gasteiger partial charge >= 0.3 is 0 Å². The van der Waals surface area contributed by atoms with E-state index in [4.69, 9.17) is 11.6 Å². The van der Waals surface area contributed by atoms with E-state index in [0.29, 0.717) is 11.9 Å². The molecule has 2 fully saturated rings. The van der Waals surface area contributed by atoms with E-state index in [0.717, 1.165) is 11.8 Å². The van der Waals surface area contributed by atoms with Gasteiger partial charge in [-0.25, -0.2) is 0 Å². The zero-order valence-electron chi connectivity index (χ0n) is 9.55. The van der Waals surface area contributed by atoms with Gasteiger partial charge in [0.2, 0.25) is 5.91 Å². The normalized spacial score (nSPS) is 21.9. The molecule has 0 aromatic carbocycles. The fraction of sp³-hybridized carbons (Fsp3) is 0.917. The fourth-order valence-electron chi connectivity index (χ4n) is 1.94. The van der Waals surface area contributed by atoms with Crippen molar-refractivity contribution in [2.45, 2.75) is 45.6 Å². The van der Waals surface area contributed by atoms with Gasteiger partial charge in [0.15, 0.2) is 0 Å². The molecule has 0 spiro atoms. The Kier molecular flexibility index (Phi) is 2.98. The van der Waals surface area contributed by atoms with E-state index < -0.39 is 5.41 Å². The van der Waals surface area contributed by atoms with Crippen LogP contribution < -0.4 is 5.32 Å². The molecule has 0 atom stereocenters. The van der Waals surface area contributed by atoms with E-state index in [1.54, 1.807) is 0 Å². The monoisotopic (exact) mass is 229 g/mol. The minimum absolute atomic E-state index is 0.126. The Hall–Kier alpha value is -0.240. The van der Waals surface area contributed by atoms with Crippen molar-refractivity contribution in [3.05, 3.63) is 0 Å². The van der Waals surface area contributed by atoms with Crippen LogP contribution in [0.3, 0.4) is 0 Å². The van der Waals surface area contributed by atoms with E-state index >= 15 is 0 Å². The second-order valence-corrected chi connectivity index (χ2v) is 5.96. The quantitative estimate of drug-likeness (QED) is 0.722. The van der Waals surface area contributed by atoms with Gasteiger partial charge in [-0.3, -0.25) is 4.79 Å². The van der Waals surface area contributed by atoms with Gasteiger partial charge in [-0.15, -0.1) is 11.6 Å². The molecular formula is C12H20ClNO. The van der Waals surface area contributed by atoms with Crippen molar-refractivity contribution in [3.8, 4) is 0 Å². The predicted molar refractivity (Wildman–Crippen MR) is 61.9 cm³/mol. The molecule has 1 amide bonds. The smallest absolute Gasteiger partial charge is 0.227 e. The Balaban J connectivity index is 1.90. The molecule has 0 aromatic heterocycles. The first-order valence-corrected chi connectivity index (χ1v) is 6.45. The van der Waals surface area contributed by atoms with Crippen LogP contribution in [0.2, 0.25) is 0 Å². The van der Waals surface area contributed by atoms with Crippen molar-refractivity contribution in [3.63, 3.8) is 0 Å². The largest absolute Gasteiger partial charge is 0.352 e. The number of hydrogen-bond donors (Lipinski definition) is 1. The Labute approximate surface area is 96.8 Å². The summed E-state index contributed by atoms with van der Waals surface area (Å²) in [6.45, 7) is 3.82. The van der Waals surface area contributed by atoms with E-state index in [1.165, 1.54) is 25.7 Å². The average molecular weight is 230 g/mol. The molecule has 0 saturated heterocycles. The summed E-state index contributed by atoms with van der Waals surface area (Å²) in [5.74, 6) is 2.03. The van der Waals surface area contributed by atoms with Gasteiger partial charge in [-0.1, -0.05) is 0 Å². The molecule has 2 rings (SSSR count). The first-order valence-electron chi connectivity index (χ1n) is 5.91. The summed E-state index contributed by atoms with van der Waals surface area (Å²) < 4.78 is 0. The van der Waals surface area contributed by atoms with Gasteiger partial charge in [0.1, 0.15) is 0 Å². The molecule has 3 heteroatoms. The molecule has 86 valence electrons. The maximum absolute atomic E-state index is 12.0. The van der Waals surface area contributed by atoms with Crippen LogP contribution in [0.1, 0.15) is 39.5 Å². The summed E-state index contributed by atoms with van der Waals surface area (Å²) in [6.07, 6.45) is 5.18. The van der Waals surface area contributed by atoms with Gasteiger partial charge in [0, 0.05) is 11.9 Å². The van der Waals surface area contributed by atoms with Crippen LogP contribution >= 0.6 is 11.6 Å². The Morgan fingerprint density at radius 1 is 1.33 bits per heavy atom. The summed E-state index contributed by atoms with van der Waals surface area (Å²) in [6, 6.07) is 0.444. The molecule has 0 aromatic rings. The third-order valence-corrected chi connectivity index (χ3v) is 4.17. The van der Waals surface area contributed by atoms with E-state index in [1.807, 2.05) is 13.8 Å². The molecule has 0 aliphatic heterocycles. The number of nitrogens with one attached hydrogen (secondary N) is 1. The van der Waals surface area contributed by atoms with Gasteiger partial charge < -0.3 is 5.32 Å². The van der Waals surface area contributed by atoms with Crippen molar-refractivity contribution in [1.29, 1.82) is 0 Å². The van der Waals surface area contributed by atoms with Crippen LogP contribution in [-0.2, 0) is 4.79 Å². The maximum Gasteiger partial charge on any atom is 0.227 e. The molecule has 0 radical (unpaired) electrons. The highest BCUT2D eigenvalue weighted by molar-refractivity contribution is 6.19. The lowest BCUT2D eigenvalue weighted by atomic mass is 9.94. The third-order valence-electron chi connectivity index (χ3n) is 3.51. The van der Waals surface area contributed by atoms with Crippen LogP contribution in [0.15, 0.2) is 0 Å². The average Bonchev–Trinajstić information content (AvgIpc) is 3.03. The first kappa shape index (κ1) is 11.3. The highest BCUT2D eigenvalue weighted by atomic mass is 35.5. The first-order chi connectivity index (χ1) is 7.04. The summed E-state index contributed by atoms with van der Waals surface area (Å²) in [4.78, 5) is 12.0. The van der Waals surface area contributed by atoms with Gasteiger partial charge in [0.05, 0.1) is 5.41 Å². The van der Waals surface area contributed by atoms with E-state index in [-0.39, 0.29) is 5.91 Å². The summed E-state index contributed by atoms with van der Waals surface area (Å²) >= 11 is 5.80. The Morgan fingerprint density at radius 2 is 1.80 bits per heavy atom. The minimum atomic E-state index is -0.427. The molecule has 15 heavy (non-hydrogen) atoms. The zero-order chi connectivity index (χ0) is 11.1. The molecule has 2 aliphatic carbocycles. The number of amides is 1. The van der Waals surface area contributed by atoms with Crippen LogP contribution in [-0.4, -0.2) is 17.8 Å². The summed E-state index contributed by atoms with van der Waals surface area (Å²) in [5, 5.41) is 3.21. The molecule has 2 saturated carbocycles. The van der Waals surface area contributed by atoms with Gasteiger partial charge in [-0.05, 0) is 51.4 Å². The van der Waals surface area contributed by atoms with Crippen molar-refractivity contribution in [2.75, 3.05) is 5.88 Å². The molecule has 2 nitrogen and oxygen atoms in total. The van der Waals surface area contributed by atoms with Crippen molar-refractivity contribution in [1.82, 2.24) is 5.32 Å². The number of carbonyl (C=O) groups is 1. The minimum Gasteiger partial charge on any atom is -0.352 e. The zero-order valence-corrected chi connectivity index (χ0v) is 10.3. The SMILES string of the molecule is CC(C)(CCl)C(=O)NC(C1CC1)C1CC1. The molecular weight excluding hydrogens is 210 g/mol. The van der Waals surface area contributed by atoms with E-state index in [9.17, 15) is 4.79 Å². The Bertz CT molecular complexity index is 244. The number of alkyl halides is 1. The second-order valence-electron chi connectivity index (χ2n) is 5.69. The topological polar surface area (TPSA) is 29.1 Å². The lowest BCUT2D eigenvalue weighted by Crippen LogP contribution is -2.45. The standard InChI is InChI=1S/C12H20ClNO/c1-12(2,7-13)11(15)14-10(8-3-4-8)9-5-6-9/h8-10H,3-7H2,1-2H3,(H,14,15). The number of hydrogen-bond acceptors (Lipinski definition) is 1. The molecule has 0 unspecified atom stereocenters. The van der Waals surface area contributed by atoms with Crippen molar-refractivity contribution in [2.24, 2.45) is 17.3 Å². The van der Waals surface area contributed by atoms with Crippen LogP contribution in [0.5, 0.6) is 0 Å². The lowest BCUT2D eigenvalue weighted by Gasteiger charge is -2.25. The van der Waals surface area contributed by atoms with E-state index in [2.05, 4.69) is 5.32 Å². The van der Waals surface area contributed by atoms with Crippen LogP contribution in [0, 0.1) is 17.3 Å². The third kappa shape index (κ3) is 2.66. The fourth-order valence-corrected chi connectivity index (χ4v) is 2.06. The van der Waals surface area contributed by atoms with Crippen molar-refractivity contribution < 1.29 is 4.79 Å². The molecule has 0 heterocycles.